The van der Waals surface area contributed by atoms with Crippen LogP contribution >= 0.6 is 0 Å². The average molecular weight is 376 g/mol. The molecule has 0 aromatic rings. The standard InChI is InChI=1S/Fe.La.Sr.Zr.2H. The van der Waals surface area contributed by atoms with Crippen LogP contribution in [-0.4, -0.2) is 45.5 Å². The van der Waals surface area contributed by atoms with E-state index in [1.807, 2.05) is 0 Å². The molecule has 0 saturated heterocycles. The first-order valence-corrected chi connectivity index (χ1v) is 0. The summed E-state index contributed by atoms with van der Waals surface area (Å²) in [4.78, 5) is 0. The Morgan fingerprint density at radius 3 is 1.00 bits per heavy atom. The van der Waals surface area contributed by atoms with E-state index < -0.39 is 0 Å². The second kappa shape index (κ2) is 15.7. The second-order valence-corrected chi connectivity index (χ2v) is 0. The topological polar surface area (TPSA) is 0 Å². The molecule has 0 aliphatic rings. The summed E-state index contributed by atoms with van der Waals surface area (Å²) in [5.41, 5.74) is 0. The molecule has 0 spiro atoms. The zero-order chi connectivity index (χ0) is 0. The third kappa shape index (κ3) is 9.42. The molecule has 1 radical (unpaired) electrons. The van der Waals surface area contributed by atoms with Gasteiger partial charge in [-0.1, -0.05) is 0 Å². The minimum atomic E-state index is 0. The molecule has 0 aliphatic carbocycles. The van der Waals surface area contributed by atoms with Gasteiger partial charge in [0.15, 0.2) is 0 Å². The Hall–Kier alpha value is 4.08. The van der Waals surface area contributed by atoms with Crippen LogP contribution in [0.15, 0.2) is 0 Å². The molecule has 4 heavy (non-hydrogen) atoms. The van der Waals surface area contributed by atoms with Gasteiger partial charge in [0.1, 0.15) is 0 Å². The van der Waals surface area contributed by atoms with Gasteiger partial charge in [-0.3, -0.25) is 0 Å². The number of hydrogen-bond acceptors (Lipinski definition) is 0. The predicted molar refractivity (Wildman–Crippen MR) is 8.54 cm³/mol. The molecule has 0 heterocycles. The van der Waals surface area contributed by atoms with Crippen LogP contribution in [0.25, 0.3) is 0 Å². The molecular formula is H2FeLaSrZr. The molecule has 0 bridgehead atoms. The van der Waals surface area contributed by atoms with Crippen LogP contribution in [-0.2, 0) is 43.3 Å². The van der Waals surface area contributed by atoms with Crippen LogP contribution in [0.3, 0.4) is 0 Å². The molecule has 0 unspecified atom stereocenters. The monoisotopic (exact) mass is 375 g/mol. The van der Waals surface area contributed by atoms with E-state index >= 15 is 0 Å². The molecule has 0 aromatic carbocycles. The van der Waals surface area contributed by atoms with E-state index in [0.29, 0.717) is 0 Å². The molecule has 0 rings (SSSR count). The molecule has 0 aromatic heterocycles. The molecule has 0 saturated carbocycles. The van der Waals surface area contributed by atoms with Gasteiger partial charge in [0.2, 0.25) is 0 Å². The summed E-state index contributed by atoms with van der Waals surface area (Å²) in [6, 6.07) is 0. The minimum Gasteiger partial charge on any atom is 0 e. The van der Waals surface area contributed by atoms with Crippen LogP contribution in [0, 0.1) is 35.6 Å². The van der Waals surface area contributed by atoms with Gasteiger partial charge in [-0.25, -0.2) is 0 Å². The Balaban J connectivity index is 0. The van der Waals surface area contributed by atoms with Crippen molar-refractivity contribution >= 4 is 45.5 Å². The fraction of sp³-hybridized carbons (Fsp3) is 0. The van der Waals surface area contributed by atoms with E-state index in [2.05, 4.69) is 0 Å². The van der Waals surface area contributed by atoms with E-state index in [1.54, 1.807) is 0 Å². The molecule has 0 nitrogen and oxygen atoms in total. The first kappa shape index (κ1) is 24.3. The maximum Gasteiger partial charge on any atom is 0 e. The zero-order valence-electron chi connectivity index (χ0n) is 1.43. The molecule has 0 atom stereocenters. The fourth-order valence-electron chi connectivity index (χ4n) is 0. The Kier molecular flexibility index (Phi) is 95.7. The van der Waals surface area contributed by atoms with Gasteiger partial charge >= 0.3 is 45.5 Å². The molecule has 4 heteroatoms. The molecule has 0 fully saturated rings. The van der Waals surface area contributed by atoms with Gasteiger partial charge in [0.25, 0.3) is 0 Å². The van der Waals surface area contributed by atoms with E-state index in [4.69, 9.17) is 0 Å². The van der Waals surface area contributed by atoms with Gasteiger partial charge in [-0.15, -0.1) is 0 Å². The average Bonchev–Trinajstić information content (AvgIpc) is 0. The van der Waals surface area contributed by atoms with Gasteiger partial charge in [-0.05, 0) is 0 Å². The SMILES string of the molecule is [Fe].[La].[SrH2].[Zr]. The van der Waals surface area contributed by atoms with Crippen molar-refractivity contribution in [3.05, 3.63) is 0 Å². The number of rotatable bonds is 0. The molecular weight excluding hydrogens is 374 g/mol. The van der Waals surface area contributed by atoms with Crippen LogP contribution in [0.2, 0.25) is 0 Å². The quantitative estimate of drug-likeness (QED) is 0.481. The summed E-state index contributed by atoms with van der Waals surface area (Å²) in [5.74, 6) is 0. The first-order valence-electron chi connectivity index (χ1n) is 0. The van der Waals surface area contributed by atoms with Crippen LogP contribution in [0.4, 0.5) is 0 Å². The maximum absolute atomic E-state index is 0. The van der Waals surface area contributed by atoms with E-state index in [-0.39, 0.29) is 124 Å². The molecule has 19 valence electrons. The molecule has 0 amide bonds. The third-order valence-corrected chi connectivity index (χ3v) is 0. The maximum atomic E-state index is 0. The number of hydrogen-bond donors (Lipinski definition) is 0. The van der Waals surface area contributed by atoms with Crippen molar-refractivity contribution < 1.29 is 78.9 Å². The summed E-state index contributed by atoms with van der Waals surface area (Å²) in [7, 11) is 0. The van der Waals surface area contributed by atoms with Crippen molar-refractivity contribution in [3.63, 3.8) is 0 Å². The van der Waals surface area contributed by atoms with E-state index in [1.165, 1.54) is 0 Å². The summed E-state index contributed by atoms with van der Waals surface area (Å²) in [6.07, 6.45) is 0. The smallest absolute Gasteiger partial charge is 0 e. The van der Waals surface area contributed by atoms with Crippen molar-refractivity contribution in [2.75, 3.05) is 0 Å². The van der Waals surface area contributed by atoms with Gasteiger partial charge in [-0.2, -0.15) is 0 Å². The summed E-state index contributed by atoms with van der Waals surface area (Å²) < 4.78 is 0. The van der Waals surface area contributed by atoms with Crippen molar-refractivity contribution in [2.24, 2.45) is 0 Å². The molecule has 0 N–H and O–H groups in total. The minimum absolute atomic E-state index is 0. The summed E-state index contributed by atoms with van der Waals surface area (Å²) in [6.45, 7) is 0. The van der Waals surface area contributed by atoms with Crippen molar-refractivity contribution in [1.29, 1.82) is 0 Å². The summed E-state index contributed by atoms with van der Waals surface area (Å²) >= 11 is 0. The van der Waals surface area contributed by atoms with E-state index in [0.717, 1.165) is 0 Å². The van der Waals surface area contributed by atoms with Crippen molar-refractivity contribution in [2.45, 2.75) is 0 Å². The predicted octanol–water partition coefficient (Wildman–Crippen LogP) is -0.921. The Morgan fingerprint density at radius 2 is 1.00 bits per heavy atom. The van der Waals surface area contributed by atoms with Gasteiger partial charge in [0.05, 0.1) is 0 Å². The Bertz CT molecular complexity index is 8.00. The van der Waals surface area contributed by atoms with Gasteiger partial charge in [0, 0.05) is 78.9 Å². The summed E-state index contributed by atoms with van der Waals surface area (Å²) in [5, 5.41) is 0. The van der Waals surface area contributed by atoms with Gasteiger partial charge < -0.3 is 0 Å². The molecule has 0 aliphatic heterocycles. The largest absolute Gasteiger partial charge is 0 e. The third-order valence-electron chi connectivity index (χ3n) is 0. The second-order valence-electron chi connectivity index (χ2n) is 0. The Morgan fingerprint density at radius 1 is 1.00 bits per heavy atom. The first-order chi connectivity index (χ1) is 0. The van der Waals surface area contributed by atoms with Crippen LogP contribution < -0.4 is 0 Å². The fourth-order valence-corrected chi connectivity index (χ4v) is 0. The van der Waals surface area contributed by atoms with Crippen LogP contribution in [0.5, 0.6) is 0 Å². The normalized spacial score (nSPS) is 0. The zero-order valence-corrected chi connectivity index (χ0v) is 8.62. The van der Waals surface area contributed by atoms with Crippen molar-refractivity contribution in [3.8, 4) is 0 Å². The van der Waals surface area contributed by atoms with E-state index in [9.17, 15) is 0 Å². The Labute approximate surface area is 121 Å². The van der Waals surface area contributed by atoms with Crippen molar-refractivity contribution in [1.82, 2.24) is 0 Å². The van der Waals surface area contributed by atoms with Crippen LogP contribution in [0.1, 0.15) is 0 Å².